The molecule has 1 rings (SSSR count). The number of hydrogen-bond donors (Lipinski definition) is 2. The highest BCUT2D eigenvalue weighted by molar-refractivity contribution is 5.78. The second kappa shape index (κ2) is 12.3. The Kier molecular flexibility index (Phi) is 11.2. The number of carboxylic acids is 1. The second-order valence-corrected chi connectivity index (χ2v) is 4.69. The van der Waals surface area contributed by atoms with Crippen LogP contribution in [0.2, 0.25) is 0 Å². The first-order chi connectivity index (χ1) is 9.61. The van der Waals surface area contributed by atoms with Gasteiger partial charge in [-0.2, -0.15) is 0 Å². The molecular weight excluding hydrogens is 252 g/mol. The van der Waals surface area contributed by atoms with Crippen LogP contribution >= 0.6 is 0 Å². The van der Waals surface area contributed by atoms with Gasteiger partial charge in [0.1, 0.15) is 5.75 Å². The van der Waals surface area contributed by atoms with E-state index in [1.165, 1.54) is 38.5 Å². The molecule has 0 radical (unpaired) electrons. The van der Waals surface area contributed by atoms with E-state index < -0.39 is 5.97 Å². The van der Waals surface area contributed by atoms with Gasteiger partial charge in [-0.1, -0.05) is 63.8 Å². The Labute approximate surface area is 122 Å². The maximum absolute atomic E-state index is 9.55. The summed E-state index contributed by atoms with van der Waals surface area (Å²) in [6.45, 7) is 5.20. The molecule has 0 fully saturated rings. The van der Waals surface area contributed by atoms with Crippen molar-refractivity contribution in [2.45, 2.75) is 51.9 Å². The number of carbonyl (C=O) groups is 1. The molecule has 0 aliphatic heterocycles. The van der Waals surface area contributed by atoms with Gasteiger partial charge in [-0.05, 0) is 24.5 Å². The zero-order valence-corrected chi connectivity index (χ0v) is 12.3. The van der Waals surface area contributed by atoms with Crippen molar-refractivity contribution in [1.29, 1.82) is 0 Å². The quantitative estimate of drug-likeness (QED) is 0.541. The number of benzene rings is 1. The van der Waals surface area contributed by atoms with Crippen LogP contribution in [0.15, 0.2) is 36.9 Å². The molecule has 1 aromatic carbocycles. The first kappa shape index (κ1) is 18.2. The topological polar surface area (TPSA) is 57.5 Å². The van der Waals surface area contributed by atoms with E-state index in [-0.39, 0.29) is 0 Å². The fraction of sp³-hybridized carbons (Fsp3) is 0.471. The molecule has 20 heavy (non-hydrogen) atoms. The number of rotatable bonds is 8. The van der Waals surface area contributed by atoms with Gasteiger partial charge >= 0.3 is 5.97 Å². The summed E-state index contributed by atoms with van der Waals surface area (Å²) in [5.74, 6) is -0.531. The molecule has 3 nitrogen and oxygen atoms in total. The summed E-state index contributed by atoms with van der Waals surface area (Å²) in [4.78, 5) is 9.25. The van der Waals surface area contributed by atoms with Crippen molar-refractivity contribution in [3.8, 4) is 5.75 Å². The normalized spacial score (nSPS) is 9.45. The number of para-hydroxylation sites is 1. The highest BCUT2D eigenvalue weighted by Crippen LogP contribution is 2.18. The predicted molar refractivity (Wildman–Crippen MR) is 83.0 cm³/mol. The third-order valence-corrected chi connectivity index (χ3v) is 2.97. The minimum Gasteiger partial charge on any atom is -0.508 e. The van der Waals surface area contributed by atoms with Crippen molar-refractivity contribution in [2.24, 2.45) is 0 Å². The summed E-state index contributed by atoms with van der Waals surface area (Å²) in [5, 5.41) is 17.2. The van der Waals surface area contributed by atoms with E-state index in [9.17, 15) is 9.90 Å². The van der Waals surface area contributed by atoms with Crippen molar-refractivity contribution < 1.29 is 15.0 Å². The average Bonchev–Trinajstić information content (AvgIpc) is 2.45. The van der Waals surface area contributed by atoms with Crippen LogP contribution in [0.25, 0.3) is 0 Å². The van der Waals surface area contributed by atoms with Gasteiger partial charge in [0.2, 0.25) is 0 Å². The van der Waals surface area contributed by atoms with Crippen LogP contribution in [0.4, 0.5) is 0 Å². The summed E-state index contributed by atoms with van der Waals surface area (Å²) >= 11 is 0. The van der Waals surface area contributed by atoms with E-state index in [0.29, 0.717) is 5.75 Å². The highest BCUT2D eigenvalue weighted by Gasteiger charge is 1.98. The number of aromatic hydroxyl groups is 1. The van der Waals surface area contributed by atoms with Crippen LogP contribution in [0.1, 0.15) is 51.0 Å². The van der Waals surface area contributed by atoms with Crippen LogP contribution in [0.5, 0.6) is 5.75 Å². The molecule has 0 unspecified atom stereocenters. The van der Waals surface area contributed by atoms with E-state index in [1.807, 2.05) is 18.2 Å². The number of carboxylic acid groups (broad SMARTS) is 1. The van der Waals surface area contributed by atoms with Gasteiger partial charge in [0.25, 0.3) is 0 Å². The molecule has 1 aromatic rings. The Bertz CT molecular complexity index is 386. The van der Waals surface area contributed by atoms with E-state index >= 15 is 0 Å². The van der Waals surface area contributed by atoms with E-state index in [1.54, 1.807) is 6.07 Å². The molecule has 0 heterocycles. The summed E-state index contributed by atoms with van der Waals surface area (Å²) in [6.07, 6.45) is 9.68. The zero-order valence-electron chi connectivity index (χ0n) is 12.3. The Morgan fingerprint density at radius 1 is 1.15 bits per heavy atom. The van der Waals surface area contributed by atoms with Crippen LogP contribution in [-0.2, 0) is 11.2 Å². The molecule has 0 saturated heterocycles. The highest BCUT2D eigenvalue weighted by atomic mass is 16.4. The Morgan fingerprint density at radius 3 is 2.25 bits per heavy atom. The SMILES string of the molecule is C=CC(=O)O.CCCCCCCCc1ccccc1O. The lowest BCUT2D eigenvalue weighted by Gasteiger charge is -2.03. The standard InChI is InChI=1S/C14H22O.C3H4O2/c1-2-3-4-5-6-7-10-13-11-8-9-12-14(13)15;1-2-3(4)5/h8-9,11-12,15H,2-7,10H2,1H3;2H,1H2,(H,4,5). The fourth-order valence-corrected chi connectivity index (χ4v) is 1.82. The monoisotopic (exact) mass is 278 g/mol. The number of aryl methyl sites for hydroxylation is 1. The average molecular weight is 278 g/mol. The van der Waals surface area contributed by atoms with Gasteiger partial charge in [-0.15, -0.1) is 0 Å². The van der Waals surface area contributed by atoms with E-state index in [2.05, 4.69) is 13.5 Å². The molecule has 0 aliphatic carbocycles. The predicted octanol–water partition coefficient (Wildman–Crippen LogP) is 4.55. The first-order valence-corrected chi connectivity index (χ1v) is 7.24. The first-order valence-electron chi connectivity index (χ1n) is 7.24. The number of unbranched alkanes of at least 4 members (excludes halogenated alkanes) is 5. The molecule has 0 spiro atoms. The minimum atomic E-state index is -0.981. The number of hydrogen-bond acceptors (Lipinski definition) is 2. The molecule has 0 amide bonds. The van der Waals surface area contributed by atoms with Gasteiger partial charge in [-0.3, -0.25) is 0 Å². The molecule has 0 aliphatic rings. The van der Waals surface area contributed by atoms with E-state index in [4.69, 9.17) is 5.11 Å². The number of aliphatic carboxylic acids is 1. The fourth-order valence-electron chi connectivity index (χ4n) is 1.82. The summed E-state index contributed by atoms with van der Waals surface area (Å²) in [6, 6.07) is 7.65. The Balaban J connectivity index is 0.000000621. The lowest BCUT2D eigenvalue weighted by Crippen LogP contribution is -1.86. The molecule has 0 atom stereocenters. The number of phenolic OH excluding ortho intramolecular Hbond substituents is 1. The van der Waals surface area contributed by atoms with Gasteiger partial charge in [-0.25, -0.2) is 4.79 Å². The van der Waals surface area contributed by atoms with Crippen molar-refractivity contribution in [1.82, 2.24) is 0 Å². The van der Waals surface area contributed by atoms with Crippen LogP contribution in [0.3, 0.4) is 0 Å². The van der Waals surface area contributed by atoms with Crippen LogP contribution in [0, 0.1) is 0 Å². The molecule has 0 saturated carbocycles. The lowest BCUT2D eigenvalue weighted by atomic mass is 10.0. The Hall–Kier alpha value is -1.77. The van der Waals surface area contributed by atoms with Crippen LogP contribution in [-0.4, -0.2) is 16.2 Å². The minimum absolute atomic E-state index is 0.450. The van der Waals surface area contributed by atoms with Crippen molar-refractivity contribution >= 4 is 5.97 Å². The molecule has 0 bridgehead atoms. The summed E-state index contributed by atoms with van der Waals surface area (Å²) in [5.41, 5.74) is 1.09. The maximum Gasteiger partial charge on any atom is 0.327 e. The van der Waals surface area contributed by atoms with Gasteiger partial charge in [0.15, 0.2) is 0 Å². The van der Waals surface area contributed by atoms with Crippen LogP contribution < -0.4 is 0 Å². The van der Waals surface area contributed by atoms with Crippen molar-refractivity contribution in [2.75, 3.05) is 0 Å². The maximum atomic E-state index is 9.55. The summed E-state index contributed by atoms with van der Waals surface area (Å²) in [7, 11) is 0. The summed E-state index contributed by atoms with van der Waals surface area (Å²) < 4.78 is 0. The molecule has 0 aromatic heterocycles. The third kappa shape index (κ3) is 10.2. The molecular formula is C17H26O3. The molecule has 3 heteroatoms. The van der Waals surface area contributed by atoms with Crippen molar-refractivity contribution in [3.05, 3.63) is 42.5 Å². The number of phenols is 1. The molecule has 2 N–H and O–H groups in total. The zero-order chi connectivity index (χ0) is 15.2. The van der Waals surface area contributed by atoms with Gasteiger partial charge < -0.3 is 10.2 Å². The third-order valence-electron chi connectivity index (χ3n) is 2.97. The van der Waals surface area contributed by atoms with Gasteiger partial charge in [0.05, 0.1) is 0 Å². The lowest BCUT2D eigenvalue weighted by molar-refractivity contribution is -0.131. The molecule has 112 valence electrons. The van der Waals surface area contributed by atoms with E-state index in [0.717, 1.165) is 18.1 Å². The van der Waals surface area contributed by atoms with Crippen molar-refractivity contribution in [3.63, 3.8) is 0 Å². The second-order valence-electron chi connectivity index (χ2n) is 4.69. The Morgan fingerprint density at radius 2 is 1.70 bits per heavy atom. The van der Waals surface area contributed by atoms with Gasteiger partial charge in [0, 0.05) is 6.08 Å². The largest absolute Gasteiger partial charge is 0.508 e. The smallest absolute Gasteiger partial charge is 0.327 e.